The standard InChI is InChI=1S/C17H14F3N7/c1-10-6-14-16(22-4-5-27(14)25-10)26-8-11(9-26)23-15-3-2-12(17(18,19)20)13(7-21)24-15/h2-6,11H,8-9H2,1H3,(H,23,24). The van der Waals surface area contributed by atoms with Crippen LogP contribution in [-0.4, -0.2) is 38.7 Å². The molecule has 1 fully saturated rings. The van der Waals surface area contributed by atoms with E-state index < -0.39 is 17.4 Å². The number of nitriles is 1. The lowest BCUT2D eigenvalue weighted by atomic mass is 10.1. The summed E-state index contributed by atoms with van der Waals surface area (Å²) in [5.41, 5.74) is 0.118. The molecule has 4 rings (SSSR count). The van der Waals surface area contributed by atoms with Crippen molar-refractivity contribution in [2.45, 2.75) is 19.1 Å². The highest BCUT2D eigenvalue weighted by Gasteiger charge is 2.35. The van der Waals surface area contributed by atoms with E-state index in [0.29, 0.717) is 13.1 Å². The van der Waals surface area contributed by atoms with Crippen molar-refractivity contribution in [1.82, 2.24) is 19.6 Å². The van der Waals surface area contributed by atoms with Crippen molar-refractivity contribution < 1.29 is 13.2 Å². The molecular weight excluding hydrogens is 359 g/mol. The summed E-state index contributed by atoms with van der Waals surface area (Å²) in [5.74, 6) is 1.05. The zero-order valence-electron chi connectivity index (χ0n) is 14.2. The first-order valence-electron chi connectivity index (χ1n) is 8.16. The van der Waals surface area contributed by atoms with Gasteiger partial charge in [-0.15, -0.1) is 0 Å². The maximum absolute atomic E-state index is 12.8. The minimum Gasteiger partial charge on any atom is -0.364 e. The van der Waals surface area contributed by atoms with Gasteiger partial charge in [0.05, 0.1) is 17.3 Å². The molecule has 0 bridgehead atoms. The van der Waals surface area contributed by atoms with Gasteiger partial charge < -0.3 is 10.2 Å². The SMILES string of the molecule is Cc1cc2c(N3CC(Nc4ccc(C(F)(F)F)c(C#N)n4)C3)nccn2n1. The molecule has 1 aliphatic rings. The predicted octanol–water partition coefficient (Wildman–Crippen LogP) is 2.62. The lowest BCUT2D eigenvalue weighted by Gasteiger charge is -2.40. The Morgan fingerprint density at radius 2 is 2.07 bits per heavy atom. The average Bonchev–Trinajstić information content (AvgIpc) is 2.97. The van der Waals surface area contributed by atoms with Crippen LogP contribution in [0.5, 0.6) is 0 Å². The van der Waals surface area contributed by atoms with Crippen LogP contribution in [0, 0.1) is 18.3 Å². The molecule has 4 heterocycles. The van der Waals surface area contributed by atoms with E-state index in [2.05, 4.69) is 20.4 Å². The minimum atomic E-state index is -4.60. The van der Waals surface area contributed by atoms with Crippen LogP contribution in [0.25, 0.3) is 5.52 Å². The van der Waals surface area contributed by atoms with Crippen LogP contribution in [0.3, 0.4) is 0 Å². The Kier molecular flexibility index (Phi) is 3.87. The van der Waals surface area contributed by atoms with Gasteiger partial charge >= 0.3 is 6.18 Å². The molecule has 1 aliphatic heterocycles. The highest BCUT2D eigenvalue weighted by Crippen LogP contribution is 2.32. The van der Waals surface area contributed by atoms with Crippen molar-refractivity contribution in [3.63, 3.8) is 0 Å². The van der Waals surface area contributed by atoms with Gasteiger partial charge in [0, 0.05) is 25.5 Å². The van der Waals surface area contributed by atoms with E-state index in [0.717, 1.165) is 23.1 Å². The minimum absolute atomic E-state index is 0.00754. The maximum atomic E-state index is 12.8. The number of hydrogen-bond acceptors (Lipinski definition) is 6. The molecule has 3 aromatic rings. The molecule has 0 unspecified atom stereocenters. The van der Waals surface area contributed by atoms with Crippen molar-refractivity contribution in [3.8, 4) is 6.07 Å². The summed E-state index contributed by atoms with van der Waals surface area (Å²) in [7, 11) is 0. The average molecular weight is 373 g/mol. The van der Waals surface area contributed by atoms with Crippen LogP contribution in [0.1, 0.15) is 17.0 Å². The fraction of sp³-hybridized carbons (Fsp3) is 0.294. The second-order valence-corrected chi connectivity index (χ2v) is 6.31. The summed E-state index contributed by atoms with van der Waals surface area (Å²) < 4.78 is 40.3. The molecule has 7 nitrogen and oxygen atoms in total. The molecule has 1 N–H and O–H groups in total. The first-order chi connectivity index (χ1) is 12.8. The first-order valence-corrected chi connectivity index (χ1v) is 8.16. The molecule has 0 aliphatic carbocycles. The second kappa shape index (κ2) is 6.12. The van der Waals surface area contributed by atoms with Crippen molar-refractivity contribution in [2.24, 2.45) is 0 Å². The zero-order chi connectivity index (χ0) is 19.2. The number of aryl methyl sites for hydroxylation is 1. The number of pyridine rings is 1. The number of halogens is 3. The molecule has 0 saturated carbocycles. The third-order valence-corrected chi connectivity index (χ3v) is 4.33. The van der Waals surface area contributed by atoms with Gasteiger partial charge in [-0.25, -0.2) is 14.5 Å². The van der Waals surface area contributed by atoms with E-state index >= 15 is 0 Å². The monoisotopic (exact) mass is 373 g/mol. The van der Waals surface area contributed by atoms with E-state index in [1.54, 1.807) is 16.9 Å². The van der Waals surface area contributed by atoms with E-state index in [1.807, 2.05) is 17.9 Å². The van der Waals surface area contributed by atoms with Gasteiger partial charge in [0.15, 0.2) is 11.5 Å². The van der Waals surface area contributed by atoms with Gasteiger partial charge in [0.1, 0.15) is 17.4 Å². The highest BCUT2D eigenvalue weighted by molar-refractivity contribution is 5.70. The summed E-state index contributed by atoms with van der Waals surface area (Å²) in [6.07, 6.45) is -1.15. The van der Waals surface area contributed by atoms with Gasteiger partial charge in [-0.3, -0.25) is 0 Å². The Hall–Kier alpha value is -3.35. The normalized spacial score (nSPS) is 14.9. The first kappa shape index (κ1) is 17.1. The summed E-state index contributed by atoms with van der Waals surface area (Å²) in [6.45, 7) is 3.13. The van der Waals surface area contributed by atoms with Gasteiger partial charge in [-0.05, 0) is 25.1 Å². The Morgan fingerprint density at radius 1 is 1.30 bits per heavy atom. The number of anilines is 2. The quantitative estimate of drug-likeness (QED) is 0.760. The van der Waals surface area contributed by atoms with Crippen LogP contribution in [0.2, 0.25) is 0 Å². The summed E-state index contributed by atoms with van der Waals surface area (Å²) >= 11 is 0. The molecule has 3 aromatic heterocycles. The second-order valence-electron chi connectivity index (χ2n) is 6.31. The van der Waals surface area contributed by atoms with Gasteiger partial charge in [0.2, 0.25) is 0 Å². The molecule has 1 saturated heterocycles. The summed E-state index contributed by atoms with van der Waals surface area (Å²) in [4.78, 5) is 10.2. The number of nitrogens with one attached hydrogen (secondary N) is 1. The number of hydrogen-bond donors (Lipinski definition) is 1. The van der Waals surface area contributed by atoms with Crippen LogP contribution in [0.4, 0.5) is 24.8 Å². The van der Waals surface area contributed by atoms with Crippen molar-refractivity contribution in [1.29, 1.82) is 5.26 Å². The fourth-order valence-electron chi connectivity index (χ4n) is 3.08. The van der Waals surface area contributed by atoms with Crippen LogP contribution in [0.15, 0.2) is 30.6 Å². The van der Waals surface area contributed by atoms with Crippen LogP contribution >= 0.6 is 0 Å². The Morgan fingerprint density at radius 3 is 2.78 bits per heavy atom. The Balaban J connectivity index is 1.47. The number of aromatic nitrogens is 4. The molecule has 10 heteroatoms. The molecule has 0 amide bonds. The van der Waals surface area contributed by atoms with E-state index in [-0.39, 0.29) is 11.9 Å². The number of fused-ring (bicyclic) bond motifs is 1. The van der Waals surface area contributed by atoms with Crippen LogP contribution < -0.4 is 10.2 Å². The fourth-order valence-corrected chi connectivity index (χ4v) is 3.08. The van der Waals surface area contributed by atoms with Gasteiger partial charge in [-0.1, -0.05) is 0 Å². The molecule has 0 atom stereocenters. The predicted molar refractivity (Wildman–Crippen MR) is 91.3 cm³/mol. The Labute approximate surface area is 152 Å². The summed E-state index contributed by atoms with van der Waals surface area (Å²) in [5, 5.41) is 16.4. The third kappa shape index (κ3) is 3.12. The van der Waals surface area contributed by atoms with Crippen molar-refractivity contribution in [3.05, 3.63) is 47.5 Å². The molecule has 138 valence electrons. The van der Waals surface area contributed by atoms with Crippen molar-refractivity contribution >= 4 is 17.2 Å². The van der Waals surface area contributed by atoms with E-state index in [9.17, 15) is 13.2 Å². The smallest absolute Gasteiger partial charge is 0.364 e. The molecular formula is C17H14F3N7. The van der Waals surface area contributed by atoms with E-state index in [4.69, 9.17) is 5.26 Å². The number of alkyl halides is 3. The van der Waals surface area contributed by atoms with E-state index in [1.165, 1.54) is 12.1 Å². The van der Waals surface area contributed by atoms with Crippen LogP contribution in [-0.2, 0) is 6.18 Å². The summed E-state index contributed by atoms with van der Waals surface area (Å²) in [6, 6.07) is 5.56. The topological polar surface area (TPSA) is 82.1 Å². The number of nitrogens with zero attached hydrogens (tertiary/aromatic N) is 6. The maximum Gasteiger partial charge on any atom is 0.419 e. The largest absolute Gasteiger partial charge is 0.419 e. The van der Waals surface area contributed by atoms with Gasteiger partial charge in [-0.2, -0.15) is 23.5 Å². The molecule has 0 aromatic carbocycles. The third-order valence-electron chi connectivity index (χ3n) is 4.33. The zero-order valence-corrected chi connectivity index (χ0v) is 14.2. The molecule has 0 spiro atoms. The van der Waals surface area contributed by atoms with Gasteiger partial charge in [0.25, 0.3) is 0 Å². The molecule has 0 radical (unpaired) electrons. The molecule has 27 heavy (non-hydrogen) atoms. The number of rotatable bonds is 3. The highest BCUT2D eigenvalue weighted by atomic mass is 19.4. The lowest BCUT2D eigenvalue weighted by Crippen LogP contribution is -2.55. The van der Waals surface area contributed by atoms with Crippen molar-refractivity contribution in [2.75, 3.05) is 23.3 Å². The lowest BCUT2D eigenvalue weighted by molar-refractivity contribution is -0.138. The Bertz CT molecular complexity index is 1040.